The Morgan fingerprint density at radius 1 is 1.30 bits per heavy atom. The Morgan fingerprint density at radius 3 is 2.70 bits per heavy atom. The van der Waals surface area contributed by atoms with Crippen LogP contribution >= 0.6 is 11.3 Å². The summed E-state index contributed by atoms with van der Waals surface area (Å²) in [5, 5.41) is 24.0. The number of carboxylic acids is 1. The second-order valence-electron chi connectivity index (χ2n) is 5.03. The van der Waals surface area contributed by atoms with Crippen LogP contribution in [0.1, 0.15) is 5.82 Å². The summed E-state index contributed by atoms with van der Waals surface area (Å²) in [5.74, 6) is -0.161. The van der Waals surface area contributed by atoms with Crippen LogP contribution in [0, 0.1) is 6.92 Å². The Balaban J connectivity index is 2.16. The molecule has 3 N–H and O–H groups in total. The molecule has 0 saturated carbocycles. The Morgan fingerprint density at radius 2 is 2.04 bits per heavy atom. The van der Waals surface area contributed by atoms with Crippen LogP contribution in [-0.4, -0.2) is 38.8 Å². The van der Waals surface area contributed by atoms with Crippen molar-refractivity contribution in [2.75, 3.05) is 11.9 Å². The molecule has 0 spiro atoms. The van der Waals surface area contributed by atoms with E-state index in [2.05, 4.69) is 15.3 Å². The lowest BCUT2D eigenvalue weighted by molar-refractivity contribution is -0.138. The van der Waals surface area contributed by atoms with E-state index in [1.54, 1.807) is 6.92 Å². The largest absolute Gasteiger partial charge is 0.480 e. The summed E-state index contributed by atoms with van der Waals surface area (Å²) in [4.78, 5) is 20.7. The van der Waals surface area contributed by atoms with Gasteiger partial charge >= 0.3 is 5.97 Å². The van der Waals surface area contributed by atoms with Crippen LogP contribution in [0.5, 0.6) is 0 Å². The molecule has 0 fully saturated rings. The van der Waals surface area contributed by atoms with E-state index in [1.165, 1.54) is 11.3 Å². The fraction of sp³-hybridized carbons (Fsp3) is 0.188. The molecule has 7 heteroatoms. The van der Waals surface area contributed by atoms with Gasteiger partial charge in [0.2, 0.25) is 0 Å². The average molecular weight is 329 g/mol. The molecule has 2 aromatic heterocycles. The monoisotopic (exact) mass is 329 g/mol. The smallest absolute Gasteiger partial charge is 0.328 e. The molecule has 0 amide bonds. The lowest BCUT2D eigenvalue weighted by Gasteiger charge is -2.14. The predicted molar refractivity (Wildman–Crippen MR) is 89.7 cm³/mol. The van der Waals surface area contributed by atoms with Crippen molar-refractivity contribution in [3.63, 3.8) is 0 Å². The van der Waals surface area contributed by atoms with Gasteiger partial charge in [-0.3, -0.25) is 0 Å². The zero-order valence-electron chi connectivity index (χ0n) is 12.4. The number of fused-ring (bicyclic) bond motifs is 1. The number of nitrogens with zero attached hydrogens (tertiary/aromatic N) is 2. The van der Waals surface area contributed by atoms with Gasteiger partial charge in [0.25, 0.3) is 0 Å². The van der Waals surface area contributed by atoms with Gasteiger partial charge in [0, 0.05) is 10.9 Å². The lowest BCUT2D eigenvalue weighted by atomic mass is 10.1. The molecule has 0 aliphatic carbocycles. The molecule has 0 aliphatic heterocycles. The third-order valence-corrected chi connectivity index (χ3v) is 4.29. The molecule has 6 nitrogen and oxygen atoms in total. The zero-order chi connectivity index (χ0) is 16.4. The molecular weight excluding hydrogens is 314 g/mol. The molecule has 2 heterocycles. The minimum absolute atomic E-state index is 0.425. The quantitative estimate of drug-likeness (QED) is 0.666. The van der Waals surface area contributed by atoms with Crippen molar-refractivity contribution in [2.45, 2.75) is 13.0 Å². The van der Waals surface area contributed by atoms with Crippen LogP contribution in [0.3, 0.4) is 0 Å². The number of aliphatic hydroxyl groups excluding tert-OH is 1. The minimum atomic E-state index is -1.13. The van der Waals surface area contributed by atoms with E-state index in [1.807, 2.05) is 35.7 Å². The van der Waals surface area contributed by atoms with E-state index in [-0.39, 0.29) is 0 Å². The van der Waals surface area contributed by atoms with E-state index in [4.69, 9.17) is 5.11 Å². The summed E-state index contributed by atoms with van der Waals surface area (Å²) in [5.41, 5.74) is 1.94. The number of thiophene rings is 1. The molecule has 23 heavy (non-hydrogen) atoms. The van der Waals surface area contributed by atoms with Gasteiger partial charge in [0.15, 0.2) is 0 Å². The van der Waals surface area contributed by atoms with Gasteiger partial charge in [-0.1, -0.05) is 30.3 Å². The summed E-state index contributed by atoms with van der Waals surface area (Å²) in [6.07, 6.45) is 0. The van der Waals surface area contributed by atoms with Gasteiger partial charge in [-0.2, -0.15) is 0 Å². The number of anilines is 1. The van der Waals surface area contributed by atoms with Crippen LogP contribution in [0.2, 0.25) is 0 Å². The van der Waals surface area contributed by atoms with Gasteiger partial charge in [-0.15, -0.1) is 11.3 Å². The summed E-state index contributed by atoms with van der Waals surface area (Å²) < 4.78 is 0. The second kappa shape index (κ2) is 6.31. The van der Waals surface area contributed by atoms with Gasteiger partial charge < -0.3 is 15.5 Å². The number of aromatic nitrogens is 2. The minimum Gasteiger partial charge on any atom is -0.480 e. The summed E-state index contributed by atoms with van der Waals surface area (Å²) in [6, 6.07) is 8.65. The molecule has 1 unspecified atom stereocenters. The van der Waals surface area contributed by atoms with E-state index in [0.29, 0.717) is 11.6 Å². The van der Waals surface area contributed by atoms with Crippen molar-refractivity contribution in [3.05, 3.63) is 41.5 Å². The molecule has 0 aliphatic rings. The van der Waals surface area contributed by atoms with Crippen LogP contribution in [0.15, 0.2) is 35.7 Å². The third kappa shape index (κ3) is 3.01. The summed E-state index contributed by atoms with van der Waals surface area (Å²) in [7, 11) is 0. The van der Waals surface area contributed by atoms with Crippen molar-refractivity contribution in [1.82, 2.24) is 9.97 Å². The van der Waals surface area contributed by atoms with E-state index in [9.17, 15) is 9.90 Å². The SMILES string of the molecule is Cc1nc(NC(CO)C(=O)O)c2c(-c3ccccc3)csc2n1. The van der Waals surface area contributed by atoms with Crippen LogP contribution in [-0.2, 0) is 4.79 Å². The number of benzene rings is 1. The maximum atomic E-state index is 11.2. The fourth-order valence-electron chi connectivity index (χ4n) is 2.33. The van der Waals surface area contributed by atoms with E-state index in [0.717, 1.165) is 21.3 Å². The van der Waals surface area contributed by atoms with Crippen LogP contribution in [0.25, 0.3) is 21.3 Å². The number of aliphatic hydroxyl groups is 1. The Bertz CT molecular complexity index is 848. The van der Waals surface area contributed by atoms with E-state index < -0.39 is 18.6 Å². The predicted octanol–water partition coefficient (Wildman–Crippen LogP) is 2.52. The maximum Gasteiger partial charge on any atom is 0.328 e. The van der Waals surface area contributed by atoms with Gasteiger partial charge in [0.1, 0.15) is 22.5 Å². The molecule has 0 radical (unpaired) electrons. The van der Waals surface area contributed by atoms with Crippen molar-refractivity contribution in [3.8, 4) is 11.1 Å². The highest BCUT2D eigenvalue weighted by molar-refractivity contribution is 7.17. The maximum absolute atomic E-state index is 11.2. The van der Waals surface area contributed by atoms with Crippen LogP contribution in [0.4, 0.5) is 5.82 Å². The Labute approximate surface area is 136 Å². The number of aliphatic carboxylic acids is 1. The first-order valence-electron chi connectivity index (χ1n) is 7.01. The van der Waals surface area contributed by atoms with Crippen molar-refractivity contribution >= 4 is 33.3 Å². The number of hydrogen-bond donors (Lipinski definition) is 3. The summed E-state index contributed by atoms with van der Waals surface area (Å²) >= 11 is 1.48. The molecule has 118 valence electrons. The fourth-order valence-corrected chi connectivity index (χ4v) is 3.33. The molecule has 3 aromatic rings. The molecule has 1 aromatic carbocycles. The lowest BCUT2D eigenvalue weighted by Crippen LogP contribution is -2.33. The highest BCUT2D eigenvalue weighted by Crippen LogP contribution is 2.37. The van der Waals surface area contributed by atoms with Gasteiger partial charge in [-0.05, 0) is 12.5 Å². The Kier molecular flexibility index (Phi) is 4.22. The highest BCUT2D eigenvalue weighted by Gasteiger charge is 2.20. The number of nitrogens with one attached hydrogen (secondary N) is 1. The Hall–Kier alpha value is -2.51. The number of hydrogen-bond acceptors (Lipinski definition) is 6. The number of aryl methyl sites for hydroxylation is 1. The topological polar surface area (TPSA) is 95.3 Å². The van der Waals surface area contributed by atoms with Gasteiger partial charge in [-0.25, -0.2) is 14.8 Å². The molecule has 0 saturated heterocycles. The molecule has 3 rings (SSSR count). The van der Waals surface area contributed by atoms with Gasteiger partial charge in [0.05, 0.1) is 12.0 Å². The second-order valence-corrected chi connectivity index (χ2v) is 5.89. The zero-order valence-corrected chi connectivity index (χ0v) is 13.2. The number of carboxylic acid groups (broad SMARTS) is 1. The number of rotatable bonds is 5. The standard InChI is InChI=1S/C16H15N3O3S/c1-9-17-14(19-12(7-20)16(21)22)13-11(8-23-15(13)18-9)10-5-3-2-4-6-10/h2-6,8,12,20H,7H2,1H3,(H,21,22)(H,17,18,19). The van der Waals surface area contributed by atoms with Crippen molar-refractivity contribution in [2.24, 2.45) is 0 Å². The van der Waals surface area contributed by atoms with Crippen molar-refractivity contribution < 1.29 is 15.0 Å². The highest BCUT2D eigenvalue weighted by atomic mass is 32.1. The van der Waals surface area contributed by atoms with Crippen LogP contribution < -0.4 is 5.32 Å². The molecule has 0 bridgehead atoms. The first-order chi connectivity index (χ1) is 11.1. The van der Waals surface area contributed by atoms with E-state index >= 15 is 0 Å². The normalized spacial score (nSPS) is 12.3. The molecule has 1 atom stereocenters. The number of carbonyl (C=O) groups is 1. The molecular formula is C16H15N3O3S. The van der Waals surface area contributed by atoms with Crippen molar-refractivity contribution in [1.29, 1.82) is 0 Å². The third-order valence-electron chi connectivity index (χ3n) is 3.42. The first kappa shape index (κ1) is 15.4. The average Bonchev–Trinajstić information content (AvgIpc) is 2.96. The first-order valence-corrected chi connectivity index (χ1v) is 7.89. The summed E-state index contributed by atoms with van der Waals surface area (Å²) in [6.45, 7) is 1.23.